The molecule has 3 N–H and O–H groups in total. The number of rotatable bonds is 5. The van der Waals surface area contributed by atoms with Gasteiger partial charge >= 0.3 is 5.97 Å². The number of esters is 1. The van der Waals surface area contributed by atoms with Crippen molar-refractivity contribution >= 4 is 17.8 Å². The minimum absolute atomic E-state index is 0.331. The monoisotopic (exact) mass is 322 g/mol. The number of halogens is 4. The molecule has 0 aromatic heterocycles. The largest absolute Gasteiger partial charge is 0.422 e. The van der Waals surface area contributed by atoms with E-state index in [1.54, 1.807) is 0 Å². The number of benzene rings is 1. The summed E-state index contributed by atoms with van der Waals surface area (Å²) in [6.07, 6.45) is -0.331. The summed E-state index contributed by atoms with van der Waals surface area (Å²) in [6, 6.07) is 0. The molecule has 6 nitrogen and oxygen atoms in total. The molecule has 120 valence electrons. The summed E-state index contributed by atoms with van der Waals surface area (Å²) in [4.78, 5) is 33.1. The van der Waals surface area contributed by atoms with Crippen molar-refractivity contribution in [1.82, 2.24) is 5.32 Å². The van der Waals surface area contributed by atoms with Crippen molar-refractivity contribution in [1.29, 1.82) is 0 Å². The maximum atomic E-state index is 13.7. The quantitative estimate of drug-likeness (QED) is 0.275. The number of amides is 2. The van der Waals surface area contributed by atoms with Gasteiger partial charge in [-0.1, -0.05) is 0 Å². The molecule has 0 saturated heterocycles. The molecule has 2 amide bonds. The van der Waals surface area contributed by atoms with Crippen LogP contribution >= 0.6 is 0 Å². The number of hydrogen-bond donors (Lipinski definition) is 2. The molecule has 1 aromatic rings. The Kier molecular flexibility index (Phi) is 5.44. The van der Waals surface area contributed by atoms with Crippen LogP contribution in [0.4, 0.5) is 17.6 Å². The van der Waals surface area contributed by atoms with Crippen LogP contribution in [0.25, 0.3) is 0 Å². The van der Waals surface area contributed by atoms with Crippen LogP contribution in [0.3, 0.4) is 0 Å². The molecule has 1 rings (SSSR count). The minimum atomic E-state index is -2.24. The highest BCUT2D eigenvalue weighted by Crippen LogP contribution is 2.30. The highest BCUT2D eigenvalue weighted by atomic mass is 19.2. The highest BCUT2D eigenvalue weighted by molar-refractivity contribution is 5.98. The van der Waals surface area contributed by atoms with Crippen LogP contribution < -0.4 is 15.8 Å². The summed E-state index contributed by atoms with van der Waals surface area (Å²) in [5.74, 6) is -13.3. The van der Waals surface area contributed by atoms with Crippen LogP contribution in [0.5, 0.6) is 5.75 Å². The van der Waals surface area contributed by atoms with Crippen LogP contribution in [-0.4, -0.2) is 24.3 Å². The van der Waals surface area contributed by atoms with Crippen molar-refractivity contribution in [2.24, 2.45) is 5.73 Å². The van der Waals surface area contributed by atoms with Gasteiger partial charge in [-0.2, -0.15) is 4.39 Å². The Bertz CT molecular complexity index is 649. The van der Waals surface area contributed by atoms with Crippen molar-refractivity contribution in [3.8, 4) is 5.75 Å². The summed E-state index contributed by atoms with van der Waals surface area (Å²) in [6.45, 7) is 0.418. The average Bonchev–Trinajstić information content (AvgIpc) is 2.41. The summed E-state index contributed by atoms with van der Waals surface area (Å²) in [5, 5.41) is 1.93. The third-order valence-corrected chi connectivity index (χ3v) is 2.35. The van der Waals surface area contributed by atoms with E-state index >= 15 is 0 Å². The van der Waals surface area contributed by atoms with Gasteiger partial charge in [0.15, 0.2) is 17.4 Å². The molecule has 0 radical (unpaired) electrons. The lowest BCUT2D eigenvalue weighted by atomic mass is 10.1. The summed E-state index contributed by atoms with van der Waals surface area (Å²) in [5.41, 5.74) is 3.47. The zero-order valence-corrected chi connectivity index (χ0v) is 11.1. The number of primary amides is 1. The first kappa shape index (κ1) is 17.4. The Balaban J connectivity index is 3.28. The Hall–Kier alpha value is -2.65. The van der Waals surface area contributed by atoms with Gasteiger partial charge in [0.05, 0.1) is 0 Å². The number of carbonyl (C=O) groups excluding carboxylic acids is 3. The molecule has 0 aliphatic carbocycles. The van der Waals surface area contributed by atoms with Crippen LogP contribution in [0.2, 0.25) is 0 Å². The normalized spacial score (nSPS) is 10.2. The van der Waals surface area contributed by atoms with E-state index in [1.165, 1.54) is 0 Å². The zero-order valence-electron chi connectivity index (χ0n) is 11.1. The molecule has 10 heteroatoms. The average molecular weight is 322 g/mol. The van der Waals surface area contributed by atoms with E-state index in [-0.39, 0.29) is 13.0 Å². The van der Waals surface area contributed by atoms with Gasteiger partial charge in [0, 0.05) is 19.9 Å². The van der Waals surface area contributed by atoms with Crippen LogP contribution in [0.15, 0.2) is 0 Å². The molecule has 0 atom stereocenters. The van der Waals surface area contributed by atoms with Crippen molar-refractivity contribution in [3.63, 3.8) is 0 Å². The van der Waals surface area contributed by atoms with Crippen LogP contribution in [-0.2, 0) is 9.59 Å². The minimum Gasteiger partial charge on any atom is -0.422 e. The maximum absolute atomic E-state index is 13.7. The fraction of sp³-hybridized carbons (Fsp3) is 0.250. The number of nitrogens with two attached hydrogens (primary N) is 1. The molecule has 0 aliphatic rings. The van der Waals surface area contributed by atoms with Crippen molar-refractivity contribution < 1.29 is 36.7 Å². The van der Waals surface area contributed by atoms with Crippen molar-refractivity contribution in [2.45, 2.75) is 13.3 Å². The first-order valence-electron chi connectivity index (χ1n) is 5.77. The summed E-state index contributed by atoms with van der Waals surface area (Å²) in [7, 11) is 0. The standard InChI is InChI=1S/C12H10F4N2O4/c1-4(19)22-11-6(12(21)18-3-2-5(17)20)7(13)8(14)9(15)10(11)16/h2-3H2,1H3,(H2,17,20)(H,18,21). The molecule has 0 unspecified atom stereocenters. The molecular weight excluding hydrogens is 312 g/mol. The number of carbonyl (C=O) groups is 3. The second kappa shape index (κ2) is 6.87. The molecule has 0 spiro atoms. The Morgan fingerprint density at radius 2 is 1.59 bits per heavy atom. The molecule has 22 heavy (non-hydrogen) atoms. The Labute approximate surface area is 121 Å². The SMILES string of the molecule is CC(=O)Oc1c(F)c(F)c(F)c(F)c1C(=O)NCCC(N)=O. The van der Waals surface area contributed by atoms with Gasteiger partial charge in [-0.15, -0.1) is 0 Å². The highest BCUT2D eigenvalue weighted by Gasteiger charge is 2.31. The van der Waals surface area contributed by atoms with Crippen molar-refractivity contribution in [2.75, 3.05) is 6.54 Å². The predicted molar refractivity (Wildman–Crippen MR) is 63.7 cm³/mol. The second-order valence-electron chi connectivity index (χ2n) is 4.03. The third-order valence-electron chi connectivity index (χ3n) is 2.35. The lowest BCUT2D eigenvalue weighted by Gasteiger charge is -2.12. The van der Waals surface area contributed by atoms with Crippen molar-refractivity contribution in [3.05, 3.63) is 28.8 Å². The van der Waals surface area contributed by atoms with E-state index in [4.69, 9.17) is 5.73 Å². The van der Waals surface area contributed by atoms with Gasteiger partial charge in [-0.05, 0) is 0 Å². The molecule has 0 saturated carbocycles. The van der Waals surface area contributed by atoms with E-state index in [2.05, 4.69) is 4.74 Å². The van der Waals surface area contributed by atoms with E-state index in [0.29, 0.717) is 0 Å². The van der Waals surface area contributed by atoms with E-state index < -0.39 is 52.4 Å². The number of ether oxygens (including phenoxy) is 1. The zero-order chi connectivity index (χ0) is 17.0. The fourth-order valence-corrected chi connectivity index (χ4v) is 1.44. The van der Waals surface area contributed by atoms with Gasteiger partial charge in [-0.25, -0.2) is 13.2 Å². The number of hydrogen-bond acceptors (Lipinski definition) is 4. The lowest BCUT2D eigenvalue weighted by molar-refractivity contribution is -0.132. The topological polar surface area (TPSA) is 98.5 Å². The smallest absolute Gasteiger partial charge is 0.308 e. The van der Waals surface area contributed by atoms with Crippen LogP contribution in [0.1, 0.15) is 23.7 Å². The molecule has 1 aromatic carbocycles. The molecule has 0 fully saturated rings. The third kappa shape index (κ3) is 3.71. The Morgan fingerprint density at radius 3 is 2.09 bits per heavy atom. The maximum Gasteiger partial charge on any atom is 0.308 e. The summed E-state index contributed by atoms with van der Waals surface area (Å²) < 4.78 is 57.8. The first-order valence-corrected chi connectivity index (χ1v) is 5.77. The second-order valence-corrected chi connectivity index (χ2v) is 4.03. The van der Waals surface area contributed by atoms with Crippen LogP contribution in [0, 0.1) is 23.3 Å². The van der Waals surface area contributed by atoms with E-state index in [9.17, 15) is 31.9 Å². The van der Waals surface area contributed by atoms with Gasteiger partial charge in [-0.3, -0.25) is 14.4 Å². The Morgan fingerprint density at radius 1 is 1.05 bits per heavy atom. The fourth-order valence-electron chi connectivity index (χ4n) is 1.44. The molecule has 0 aliphatic heterocycles. The van der Waals surface area contributed by atoms with Gasteiger partial charge in [0.25, 0.3) is 5.91 Å². The number of nitrogens with one attached hydrogen (secondary N) is 1. The molecule has 0 heterocycles. The van der Waals surface area contributed by atoms with Gasteiger partial charge in [0.1, 0.15) is 5.56 Å². The van der Waals surface area contributed by atoms with E-state index in [1.807, 2.05) is 5.32 Å². The molecule has 0 bridgehead atoms. The predicted octanol–water partition coefficient (Wildman–Crippen LogP) is 0.774. The molecular formula is C12H10F4N2O4. The lowest BCUT2D eigenvalue weighted by Crippen LogP contribution is -2.30. The van der Waals surface area contributed by atoms with Gasteiger partial charge in [0.2, 0.25) is 17.5 Å². The first-order chi connectivity index (χ1) is 10.2. The van der Waals surface area contributed by atoms with E-state index in [0.717, 1.165) is 6.92 Å². The summed E-state index contributed by atoms with van der Waals surface area (Å²) >= 11 is 0. The van der Waals surface area contributed by atoms with Gasteiger partial charge < -0.3 is 15.8 Å².